The zero-order chi connectivity index (χ0) is 15.2. The maximum atomic E-state index is 10.0. The number of likely N-dealkylation sites (tertiary alicyclic amines) is 1. The summed E-state index contributed by atoms with van der Waals surface area (Å²) in [5.41, 5.74) is 1.65. The smallest absolute Gasteiger partial charge is 0.182 e. The molecule has 0 unspecified atom stereocenters. The average molecular weight is 302 g/mol. The molecule has 118 valence electrons. The van der Waals surface area contributed by atoms with E-state index in [4.69, 9.17) is 0 Å². The van der Waals surface area contributed by atoms with Crippen molar-refractivity contribution < 1.29 is 5.11 Å². The summed E-state index contributed by atoms with van der Waals surface area (Å²) in [6.45, 7) is 3.18. The number of aromatic nitrogens is 4. The number of aliphatic hydroxyl groups excluding tert-OH is 1. The number of likely N-dealkylation sites (N-methyl/N-ethyl adjacent to an activating group) is 1. The topological polar surface area (TPSA) is 81.2 Å². The minimum atomic E-state index is 0.0453. The lowest BCUT2D eigenvalue weighted by Crippen LogP contribution is -2.61. The molecule has 2 aromatic heterocycles. The molecule has 2 atom stereocenters. The second kappa shape index (κ2) is 5.17. The van der Waals surface area contributed by atoms with Crippen LogP contribution in [-0.2, 0) is 0 Å². The van der Waals surface area contributed by atoms with Gasteiger partial charge in [0, 0.05) is 24.5 Å². The third kappa shape index (κ3) is 1.99. The number of hydrogen-bond acceptors (Lipinski definition) is 6. The van der Waals surface area contributed by atoms with Gasteiger partial charge in [-0.15, -0.1) is 0 Å². The molecule has 7 nitrogen and oxygen atoms in total. The Balaban J connectivity index is 1.67. The number of aliphatic hydroxyl groups is 1. The Bertz CT molecular complexity index is 673. The van der Waals surface area contributed by atoms with Crippen LogP contribution in [0.3, 0.4) is 0 Å². The predicted molar refractivity (Wildman–Crippen MR) is 83.7 cm³/mol. The molecule has 0 amide bonds. The summed E-state index contributed by atoms with van der Waals surface area (Å²) in [6, 6.07) is 0.368. The summed E-state index contributed by atoms with van der Waals surface area (Å²) in [4.78, 5) is 20.7. The van der Waals surface area contributed by atoms with Crippen molar-refractivity contribution in [2.24, 2.45) is 5.41 Å². The van der Waals surface area contributed by atoms with Crippen LogP contribution in [0.25, 0.3) is 11.2 Å². The van der Waals surface area contributed by atoms with Gasteiger partial charge in [-0.25, -0.2) is 15.0 Å². The lowest BCUT2D eigenvalue weighted by Gasteiger charge is -2.53. The molecule has 0 aliphatic carbocycles. The lowest BCUT2D eigenvalue weighted by molar-refractivity contribution is -0.0277. The van der Waals surface area contributed by atoms with E-state index >= 15 is 0 Å². The van der Waals surface area contributed by atoms with E-state index in [1.54, 1.807) is 12.7 Å². The van der Waals surface area contributed by atoms with E-state index in [0.29, 0.717) is 11.7 Å². The molecule has 0 radical (unpaired) electrons. The first-order valence-electron chi connectivity index (χ1n) is 7.94. The molecule has 2 fully saturated rings. The third-order valence-electron chi connectivity index (χ3n) is 5.51. The monoisotopic (exact) mass is 302 g/mol. The van der Waals surface area contributed by atoms with E-state index in [2.05, 4.69) is 36.8 Å². The zero-order valence-electron chi connectivity index (χ0n) is 12.9. The first kappa shape index (κ1) is 13.9. The molecule has 4 heterocycles. The van der Waals surface area contributed by atoms with E-state index in [1.807, 2.05) is 0 Å². The Kier molecular flexibility index (Phi) is 3.27. The van der Waals surface area contributed by atoms with Crippen LogP contribution in [0.5, 0.6) is 0 Å². The molecule has 2 aliphatic heterocycles. The van der Waals surface area contributed by atoms with E-state index in [1.165, 1.54) is 6.42 Å². The Morgan fingerprint density at radius 1 is 1.32 bits per heavy atom. The maximum Gasteiger partial charge on any atom is 0.182 e. The summed E-state index contributed by atoms with van der Waals surface area (Å²) >= 11 is 0. The molecular weight excluding hydrogens is 280 g/mol. The fraction of sp³-hybridized carbons (Fsp3) is 0.667. The Hall–Kier alpha value is -1.73. The van der Waals surface area contributed by atoms with Crippen molar-refractivity contribution in [3.63, 3.8) is 0 Å². The van der Waals surface area contributed by atoms with Crippen LogP contribution in [0.4, 0.5) is 5.82 Å². The number of imidazole rings is 1. The normalized spacial score (nSPS) is 29.7. The highest BCUT2D eigenvalue weighted by Crippen LogP contribution is 2.42. The molecule has 2 aliphatic rings. The summed E-state index contributed by atoms with van der Waals surface area (Å²) in [5.74, 6) is 0.924. The largest absolute Gasteiger partial charge is 0.396 e. The number of aromatic amines is 1. The minimum absolute atomic E-state index is 0.0453. The van der Waals surface area contributed by atoms with Crippen molar-refractivity contribution >= 4 is 17.0 Å². The van der Waals surface area contributed by atoms with Gasteiger partial charge in [0.1, 0.15) is 11.8 Å². The van der Waals surface area contributed by atoms with Crippen molar-refractivity contribution in [3.8, 4) is 0 Å². The number of piperidine rings is 2. The van der Waals surface area contributed by atoms with Crippen molar-refractivity contribution in [1.82, 2.24) is 24.8 Å². The average Bonchev–Trinajstić information content (AvgIpc) is 3.03. The number of fused-ring (bicyclic) bond motifs is 2. The van der Waals surface area contributed by atoms with Crippen molar-refractivity contribution in [2.45, 2.75) is 25.3 Å². The van der Waals surface area contributed by atoms with E-state index in [0.717, 1.165) is 43.8 Å². The van der Waals surface area contributed by atoms with E-state index in [-0.39, 0.29) is 12.0 Å². The number of H-pyrrole nitrogens is 1. The Labute approximate surface area is 129 Å². The van der Waals surface area contributed by atoms with Gasteiger partial charge in [0.2, 0.25) is 0 Å². The number of hydrogen-bond donors (Lipinski definition) is 2. The highest BCUT2D eigenvalue weighted by molar-refractivity contribution is 5.82. The van der Waals surface area contributed by atoms with Gasteiger partial charge in [0.05, 0.1) is 12.9 Å². The Morgan fingerprint density at radius 2 is 2.23 bits per heavy atom. The molecule has 22 heavy (non-hydrogen) atoms. The van der Waals surface area contributed by atoms with E-state index in [9.17, 15) is 5.11 Å². The molecular formula is C15H22N6O. The van der Waals surface area contributed by atoms with Crippen LogP contribution >= 0.6 is 0 Å². The van der Waals surface area contributed by atoms with Crippen molar-refractivity contribution in [3.05, 3.63) is 12.7 Å². The summed E-state index contributed by atoms with van der Waals surface area (Å²) < 4.78 is 0. The fourth-order valence-corrected chi connectivity index (χ4v) is 4.20. The number of nitrogens with one attached hydrogen (secondary N) is 1. The van der Waals surface area contributed by atoms with E-state index < -0.39 is 0 Å². The number of anilines is 1. The van der Waals surface area contributed by atoms with Gasteiger partial charge in [-0.3, -0.25) is 0 Å². The van der Waals surface area contributed by atoms with Crippen LogP contribution in [0.2, 0.25) is 0 Å². The van der Waals surface area contributed by atoms with Crippen molar-refractivity contribution in [2.75, 3.05) is 38.2 Å². The second-order valence-corrected chi connectivity index (χ2v) is 6.61. The lowest BCUT2D eigenvalue weighted by atomic mass is 9.69. The molecule has 2 aromatic rings. The van der Waals surface area contributed by atoms with Crippen LogP contribution in [0.15, 0.2) is 12.7 Å². The van der Waals surface area contributed by atoms with Gasteiger partial charge in [-0.1, -0.05) is 0 Å². The number of rotatable bonds is 2. The molecule has 0 aromatic carbocycles. The summed E-state index contributed by atoms with van der Waals surface area (Å²) in [5, 5.41) is 10.0. The Morgan fingerprint density at radius 3 is 3.09 bits per heavy atom. The standard InChI is InChI=1S/C15H22N6O/c1-20-5-2-3-15(8-22)4-6-21(7-11(15)20)14-12-13(17-9-16-12)18-10-19-14/h9-11,22H,2-8H2,1H3,(H,16,17,18,19)/t11-,15-/m1/s1. The van der Waals surface area contributed by atoms with Crippen LogP contribution in [0.1, 0.15) is 19.3 Å². The molecule has 2 saturated heterocycles. The van der Waals surface area contributed by atoms with Crippen LogP contribution < -0.4 is 4.90 Å². The first-order chi connectivity index (χ1) is 10.7. The summed E-state index contributed by atoms with van der Waals surface area (Å²) in [6.07, 6.45) is 6.54. The highest BCUT2D eigenvalue weighted by atomic mass is 16.3. The second-order valence-electron chi connectivity index (χ2n) is 6.61. The van der Waals surface area contributed by atoms with Gasteiger partial charge in [0.25, 0.3) is 0 Å². The SMILES string of the molecule is CN1CCC[C@]2(CO)CCN(c3ncnc4nc[nH]c34)C[C@@H]12. The fourth-order valence-electron chi connectivity index (χ4n) is 4.20. The number of nitrogens with zero attached hydrogens (tertiary/aromatic N) is 5. The minimum Gasteiger partial charge on any atom is -0.396 e. The first-order valence-corrected chi connectivity index (χ1v) is 7.94. The summed E-state index contributed by atoms with van der Waals surface area (Å²) in [7, 11) is 2.17. The van der Waals surface area contributed by atoms with Gasteiger partial charge in [-0.05, 0) is 32.9 Å². The molecule has 0 saturated carbocycles. The van der Waals surface area contributed by atoms with Crippen LogP contribution in [0, 0.1) is 5.41 Å². The molecule has 0 spiro atoms. The van der Waals surface area contributed by atoms with Crippen LogP contribution in [-0.4, -0.2) is 69.3 Å². The quantitative estimate of drug-likeness (QED) is 0.847. The molecule has 2 N–H and O–H groups in total. The van der Waals surface area contributed by atoms with Gasteiger partial charge in [0.15, 0.2) is 11.5 Å². The molecule has 0 bridgehead atoms. The molecule has 7 heteroatoms. The maximum absolute atomic E-state index is 10.0. The zero-order valence-corrected chi connectivity index (χ0v) is 12.9. The predicted octanol–water partition coefficient (Wildman–Crippen LogP) is 0.636. The van der Waals surface area contributed by atoms with Gasteiger partial charge in [-0.2, -0.15) is 0 Å². The van der Waals surface area contributed by atoms with Crippen molar-refractivity contribution in [1.29, 1.82) is 0 Å². The molecule has 4 rings (SSSR count). The van der Waals surface area contributed by atoms with Gasteiger partial charge >= 0.3 is 0 Å². The highest BCUT2D eigenvalue weighted by Gasteiger charge is 2.46. The third-order valence-corrected chi connectivity index (χ3v) is 5.51. The van der Waals surface area contributed by atoms with Gasteiger partial charge < -0.3 is 19.9 Å².